The van der Waals surface area contributed by atoms with Crippen LogP contribution in [-0.4, -0.2) is 36.1 Å². The largest absolute Gasteiger partial charge is 0.393 e. The van der Waals surface area contributed by atoms with E-state index >= 15 is 0 Å². The maximum Gasteiger partial charge on any atom is 0.159 e. The molecule has 1 fully saturated rings. The predicted molar refractivity (Wildman–Crippen MR) is 117 cm³/mol. The summed E-state index contributed by atoms with van der Waals surface area (Å²) in [4.78, 5) is 12.9. The Hall–Kier alpha value is -2.77. The van der Waals surface area contributed by atoms with Gasteiger partial charge in [-0.25, -0.2) is 14.4 Å². The first-order chi connectivity index (χ1) is 14.0. The first-order valence-electron chi connectivity index (χ1n) is 9.09. The summed E-state index contributed by atoms with van der Waals surface area (Å²) in [6.45, 7) is 3.02. The Balaban J connectivity index is 1.49. The molecular formula is C20H19Cl2FN6. The fourth-order valence-electron chi connectivity index (χ4n) is 3.29. The molecule has 2 aromatic carbocycles. The number of anilines is 5. The number of nitrogen functional groups attached to an aromatic ring is 1. The normalized spacial score (nSPS) is 14.2. The van der Waals surface area contributed by atoms with Crippen LogP contribution in [0.1, 0.15) is 0 Å². The third-order valence-electron chi connectivity index (χ3n) is 4.82. The van der Waals surface area contributed by atoms with E-state index in [2.05, 4.69) is 25.1 Å². The third kappa shape index (κ3) is 4.31. The van der Waals surface area contributed by atoms with E-state index in [-0.39, 0.29) is 5.82 Å². The van der Waals surface area contributed by atoms with E-state index in [0.29, 0.717) is 33.1 Å². The van der Waals surface area contributed by atoms with Crippen molar-refractivity contribution in [1.82, 2.24) is 9.97 Å². The summed E-state index contributed by atoms with van der Waals surface area (Å²) in [6.07, 6.45) is 1.47. The summed E-state index contributed by atoms with van der Waals surface area (Å²) in [6, 6.07) is 11.7. The van der Waals surface area contributed by atoms with Gasteiger partial charge in [-0.05, 0) is 42.5 Å². The van der Waals surface area contributed by atoms with Gasteiger partial charge in [0.2, 0.25) is 0 Å². The van der Waals surface area contributed by atoms with E-state index in [0.717, 1.165) is 31.9 Å². The highest BCUT2D eigenvalue weighted by Crippen LogP contribution is 2.33. The lowest BCUT2D eigenvalue weighted by atomic mass is 10.2. The average molecular weight is 433 g/mol. The van der Waals surface area contributed by atoms with Crippen molar-refractivity contribution < 1.29 is 4.39 Å². The van der Waals surface area contributed by atoms with Crippen molar-refractivity contribution in [2.24, 2.45) is 0 Å². The zero-order valence-electron chi connectivity index (χ0n) is 15.4. The summed E-state index contributed by atoms with van der Waals surface area (Å²) >= 11 is 12.3. The van der Waals surface area contributed by atoms with Crippen molar-refractivity contribution in [3.8, 4) is 0 Å². The van der Waals surface area contributed by atoms with Crippen molar-refractivity contribution in [3.63, 3.8) is 0 Å². The van der Waals surface area contributed by atoms with Gasteiger partial charge < -0.3 is 20.9 Å². The number of nitrogens with two attached hydrogens (primary N) is 1. The number of hydrogen-bond acceptors (Lipinski definition) is 6. The number of hydrogen-bond donors (Lipinski definition) is 2. The quantitative estimate of drug-likeness (QED) is 0.628. The molecule has 1 aliphatic heterocycles. The molecule has 150 valence electrons. The molecule has 0 spiro atoms. The second-order valence-electron chi connectivity index (χ2n) is 6.66. The summed E-state index contributed by atoms with van der Waals surface area (Å²) in [7, 11) is 0. The van der Waals surface area contributed by atoms with Crippen molar-refractivity contribution in [2.75, 3.05) is 47.0 Å². The lowest BCUT2D eigenvalue weighted by Gasteiger charge is -2.37. The fraction of sp³-hybridized carbons (Fsp3) is 0.200. The van der Waals surface area contributed by atoms with Gasteiger partial charge in [-0.15, -0.1) is 0 Å². The number of halogens is 3. The van der Waals surface area contributed by atoms with Gasteiger partial charge >= 0.3 is 0 Å². The lowest BCUT2D eigenvalue weighted by molar-refractivity contribution is 0.624. The molecule has 0 atom stereocenters. The molecular weight excluding hydrogens is 414 g/mol. The fourth-order valence-corrected chi connectivity index (χ4v) is 3.62. The topological polar surface area (TPSA) is 70.3 Å². The number of nitrogens with one attached hydrogen (secondary N) is 1. The summed E-state index contributed by atoms with van der Waals surface area (Å²) in [5.74, 6) is 0.903. The van der Waals surface area contributed by atoms with Crippen LogP contribution < -0.4 is 20.9 Å². The molecule has 0 saturated carbocycles. The predicted octanol–water partition coefficient (Wildman–Crippen LogP) is 4.57. The number of rotatable bonds is 4. The SMILES string of the molecule is Nc1c(Nc2cc(Cl)ccc2Cl)ncnc1N1CCN(c2ccc(F)cc2)CC1. The molecule has 29 heavy (non-hydrogen) atoms. The minimum absolute atomic E-state index is 0.235. The minimum atomic E-state index is -0.235. The van der Waals surface area contributed by atoms with Crippen LogP contribution in [0.5, 0.6) is 0 Å². The molecule has 3 aromatic rings. The van der Waals surface area contributed by atoms with Gasteiger partial charge in [0.1, 0.15) is 17.8 Å². The summed E-state index contributed by atoms with van der Waals surface area (Å²) in [5, 5.41) is 4.21. The molecule has 1 saturated heterocycles. The van der Waals surface area contributed by atoms with Crippen LogP contribution >= 0.6 is 23.2 Å². The van der Waals surface area contributed by atoms with E-state index in [1.54, 1.807) is 30.3 Å². The van der Waals surface area contributed by atoms with Gasteiger partial charge in [0.05, 0.1) is 10.7 Å². The van der Waals surface area contributed by atoms with E-state index in [9.17, 15) is 4.39 Å². The molecule has 0 unspecified atom stereocenters. The Bertz CT molecular complexity index is 1010. The maximum absolute atomic E-state index is 13.1. The lowest BCUT2D eigenvalue weighted by Crippen LogP contribution is -2.47. The van der Waals surface area contributed by atoms with Crippen LogP contribution in [0, 0.1) is 5.82 Å². The highest BCUT2D eigenvalue weighted by Gasteiger charge is 2.22. The van der Waals surface area contributed by atoms with E-state index in [1.165, 1.54) is 18.5 Å². The number of benzene rings is 2. The van der Waals surface area contributed by atoms with Gasteiger partial charge in [0.25, 0.3) is 0 Å². The highest BCUT2D eigenvalue weighted by molar-refractivity contribution is 6.35. The second kappa shape index (κ2) is 8.31. The van der Waals surface area contributed by atoms with Crippen LogP contribution in [0.25, 0.3) is 0 Å². The molecule has 4 rings (SSSR count). The third-order valence-corrected chi connectivity index (χ3v) is 5.38. The molecule has 1 aliphatic rings. The Morgan fingerprint density at radius 1 is 0.931 bits per heavy atom. The van der Waals surface area contributed by atoms with Crippen LogP contribution in [0.2, 0.25) is 10.0 Å². The second-order valence-corrected chi connectivity index (χ2v) is 7.50. The zero-order chi connectivity index (χ0) is 20.4. The zero-order valence-corrected chi connectivity index (χ0v) is 17.0. The molecule has 3 N–H and O–H groups in total. The van der Waals surface area contributed by atoms with Crippen molar-refractivity contribution in [3.05, 3.63) is 64.7 Å². The van der Waals surface area contributed by atoms with Gasteiger partial charge in [-0.1, -0.05) is 23.2 Å². The van der Waals surface area contributed by atoms with E-state index < -0.39 is 0 Å². The minimum Gasteiger partial charge on any atom is -0.393 e. The standard InChI is InChI=1S/C20H19Cl2FN6/c21-13-1-6-16(22)17(11-13)27-19-18(24)20(26-12-25-19)29-9-7-28(8-10-29)15-4-2-14(23)3-5-15/h1-6,11-12H,7-10,24H2,(H,25,26,27). The van der Waals surface area contributed by atoms with Crippen LogP contribution in [0.4, 0.5) is 33.1 Å². The Morgan fingerprint density at radius 2 is 1.62 bits per heavy atom. The smallest absolute Gasteiger partial charge is 0.159 e. The van der Waals surface area contributed by atoms with Gasteiger partial charge in [-0.2, -0.15) is 0 Å². The highest BCUT2D eigenvalue weighted by atomic mass is 35.5. The first-order valence-corrected chi connectivity index (χ1v) is 9.85. The van der Waals surface area contributed by atoms with Crippen molar-refractivity contribution >= 4 is 51.9 Å². The van der Waals surface area contributed by atoms with Crippen LogP contribution in [-0.2, 0) is 0 Å². The number of nitrogens with zero attached hydrogens (tertiary/aromatic N) is 4. The summed E-state index contributed by atoms with van der Waals surface area (Å²) in [5.41, 5.74) is 8.42. The molecule has 9 heteroatoms. The Labute approximate surface area is 178 Å². The summed E-state index contributed by atoms with van der Waals surface area (Å²) < 4.78 is 13.1. The van der Waals surface area contributed by atoms with Crippen LogP contribution in [0.3, 0.4) is 0 Å². The molecule has 0 amide bonds. The van der Waals surface area contributed by atoms with E-state index in [1.807, 2.05) is 0 Å². The van der Waals surface area contributed by atoms with Gasteiger partial charge in [-0.3, -0.25) is 0 Å². The van der Waals surface area contributed by atoms with Gasteiger partial charge in [0, 0.05) is 36.9 Å². The Morgan fingerprint density at radius 3 is 2.34 bits per heavy atom. The molecule has 0 bridgehead atoms. The Kier molecular flexibility index (Phi) is 5.60. The first kappa shape index (κ1) is 19.5. The maximum atomic E-state index is 13.1. The molecule has 2 heterocycles. The molecule has 6 nitrogen and oxygen atoms in total. The number of piperazine rings is 1. The van der Waals surface area contributed by atoms with Crippen LogP contribution in [0.15, 0.2) is 48.8 Å². The van der Waals surface area contributed by atoms with Crippen molar-refractivity contribution in [1.29, 1.82) is 0 Å². The molecule has 0 aliphatic carbocycles. The monoisotopic (exact) mass is 432 g/mol. The molecule has 1 aromatic heterocycles. The molecule has 0 radical (unpaired) electrons. The van der Waals surface area contributed by atoms with Gasteiger partial charge in [0.15, 0.2) is 11.6 Å². The van der Waals surface area contributed by atoms with E-state index in [4.69, 9.17) is 28.9 Å². The average Bonchev–Trinajstić information content (AvgIpc) is 2.73. The van der Waals surface area contributed by atoms with Crippen molar-refractivity contribution in [2.45, 2.75) is 0 Å². The number of aromatic nitrogens is 2.